The van der Waals surface area contributed by atoms with Crippen molar-refractivity contribution in [2.24, 2.45) is 4.99 Å². The molecule has 3 aromatic carbocycles. The van der Waals surface area contributed by atoms with Crippen LogP contribution in [-0.2, 0) is 27.5 Å². The SMILES string of the molecule is [2H]C1([2H])c2c(ccc(C)c2C)[C@@]2(C)N=C(c3cc(Oc4ccc5c(c4)N(c4cc(C(C)(C)C)ccn4)c4ccccc4C5(C)C)cc(C(C)C)n3)O[C@@]12C. The molecule has 3 aliphatic rings. The van der Waals surface area contributed by atoms with Crippen molar-refractivity contribution in [3.05, 3.63) is 135 Å². The van der Waals surface area contributed by atoms with Crippen molar-refractivity contribution < 1.29 is 12.2 Å². The lowest BCUT2D eigenvalue weighted by Crippen LogP contribution is -2.41. The number of para-hydroxylation sites is 1. The van der Waals surface area contributed by atoms with E-state index in [1.54, 1.807) is 0 Å². The molecule has 5 aromatic rings. The Bertz CT molecular complexity index is 2390. The predicted molar refractivity (Wildman–Crippen MR) is 211 cm³/mol. The number of fused-ring (bicyclic) bond motifs is 5. The smallest absolute Gasteiger partial charge is 0.237 e. The highest BCUT2D eigenvalue weighted by atomic mass is 16.5. The molecule has 0 spiro atoms. The molecule has 0 amide bonds. The zero-order chi connectivity index (χ0) is 38.7. The lowest BCUT2D eigenvalue weighted by molar-refractivity contribution is 0.0473. The van der Waals surface area contributed by atoms with Gasteiger partial charge in [-0.2, -0.15) is 0 Å². The minimum absolute atomic E-state index is 0.0434. The van der Waals surface area contributed by atoms with Gasteiger partial charge in [0.2, 0.25) is 5.90 Å². The van der Waals surface area contributed by atoms with Crippen LogP contribution >= 0.6 is 0 Å². The summed E-state index contributed by atoms with van der Waals surface area (Å²) in [6.45, 7) is 23.2. The Hall–Kier alpha value is -4.97. The van der Waals surface area contributed by atoms with Gasteiger partial charge in [-0.25, -0.2) is 15.0 Å². The minimum atomic E-state index is -1.78. The zero-order valence-electron chi connectivity index (χ0n) is 34.3. The number of pyridine rings is 2. The standard InChI is InChI=1S/C46H50N4O2/c1-27(2)37-23-32(24-38(48-37)42-49-46(11)34-18-16-28(3)29(4)33(34)26-45(46,10)52-42)51-31-17-19-36-40(25-31)50(39-15-13-12-14-35(39)44(36,8)9)41-22-30(20-21-47-41)43(5,6)7/h12-25,27H,26H2,1-11H3/t45-,46+/m0/s1/i26D2. The fourth-order valence-electron chi connectivity index (χ4n) is 7.96. The van der Waals surface area contributed by atoms with Gasteiger partial charge >= 0.3 is 0 Å². The van der Waals surface area contributed by atoms with Gasteiger partial charge in [-0.3, -0.25) is 4.90 Å². The first-order chi connectivity index (χ1) is 25.3. The average molecular weight is 693 g/mol. The summed E-state index contributed by atoms with van der Waals surface area (Å²) >= 11 is 0. The first-order valence-corrected chi connectivity index (χ1v) is 18.4. The van der Waals surface area contributed by atoms with Gasteiger partial charge in [-0.05, 0) is 102 Å². The van der Waals surface area contributed by atoms with E-state index in [1.165, 1.54) is 16.7 Å². The van der Waals surface area contributed by atoms with Crippen LogP contribution in [0.25, 0.3) is 0 Å². The molecule has 0 radical (unpaired) electrons. The fraction of sp³-hybridized carbons (Fsp3) is 0.370. The van der Waals surface area contributed by atoms with Crippen molar-refractivity contribution in [2.75, 3.05) is 4.90 Å². The number of anilines is 3. The van der Waals surface area contributed by atoms with Gasteiger partial charge in [0.1, 0.15) is 34.2 Å². The molecule has 1 aliphatic carbocycles. The summed E-state index contributed by atoms with van der Waals surface area (Å²) in [5, 5.41) is 0. The van der Waals surface area contributed by atoms with E-state index in [9.17, 15) is 2.74 Å². The summed E-state index contributed by atoms with van der Waals surface area (Å²) in [5.74, 6) is 2.55. The van der Waals surface area contributed by atoms with Crippen LogP contribution in [0.15, 0.2) is 90.1 Å². The van der Waals surface area contributed by atoms with Gasteiger partial charge in [0.15, 0.2) is 0 Å². The normalized spacial score (nSPS) is 22.8. The van der Waals surface area contributed by atoms with Crippen molar-refractivity contribution in [2.45, 2.75) is 110 Å². The van der Waals surface area contributed by atoms with Gasteiger partial charge in [0, 0.05) is 44.6 Å². The Morgan fingerprint density at radius 2 is 1.58 bits per heavy atom. The molecule has 2 aromatic heterocycles. The molecule has 6 nitrogen and oxygen atoms in total. The average Bonchev–Trinajstić information content (AvgIpc) is 3.47. The lowest BCUT2D eigenvalue weighted by Gasteiger charge is -2.41. The Labute approximate surface area is 311 Å². The third-order valence-corrected chi connectivity index (χ3v) is 11.6. The van der Waals surface area contributed by atoms with Crippen molar-refractivity contribution in [3.63, 3.8) is 0 Å². The van der Waals surface area contributed by atoms with E-state index in [2.05, 4.69) is 108 Å². The fourth-order valence-corrected chi connectivity index (χ4v) is 7.96. The second-order valence-corrected chi connectivity index (χ2v) is 16.9. The first kappa shape index (κ1) is 31.7. The lowest BCUT2D eigenvalue weighted by atomic mass is 9.73. The largest absolute Gasteiger partial charge is 0.467 e. The molecular formula is C46H50N4O2. The van der Waals surface area contributed by atoms with Gasteiger partial charge in [0.05, 0.1) is 11.4 Å². The first-order valence-electron chi connectivity index (χ1n) is 19.4. The number of aromatic nitrogens is 2. The Balaban J connectivity index is 1.22. The molecule has 0 unspecified atom stereocenters. The number of aliphatic imine (C=N–C) groups is 1. The Morgan fingerprint density at radius 3 is 2.33 bits per heavy atom. The van der Waals surface area contributed by atoms with Gasteiger partial charge in [-0.15, -0.1) is 0 Å². The Kier molecular flexibility index (Phi) is 7.03. The van der Waals surface area contributed by atoms with Crippen molar-refractivity contribution in [1.29, 1.82) is 0 Å². The predicted octanol–water partition coefficient (Wildman–Crippen LogP) is 11.4. The quantitative estimate of drug-likeness (QED) is 0.183. The van der Waals surface area contributed by atoms with E-state index in [0.29, 0.717) is 28.7 Å². The highest BCUT2D eigenvalue weighted by Gasteiger charge is 2.59. The number of ether oxygens (including phenoxy) is 2. The van der Waals surface area contributed by atoms with Crippen molar-refractivity contribution in [1.82, 2.24) is 9.97 Å². The maximum Gasteiger partial charge on any atom is 0.237 e. The van der Waals surface area contributed by atoms with Crippen LogP contribution in [0.2, 0.25) is 0 Å². The van der Waals surface area contributed by atoms with Crippen LogP contribution in [0, 0.1) is 13.8 Å². The van der Waals surface area contributed by atoms with Crippen LogP contribution in [0.4, 0.5) is 17.2 Å². The molecule has 0 saturated heterocycles. The zero-order valence-corrected chi connectivity index (χ0v) is 32.3. The highest BCUT2D eigenvalue weighted by molar-refractivity contribution is 5.95. The topological polar surface area (TPSA) is 59.8 Å². The number of nitrogens with zero attached hydrogens (tertiary/aromatic N) is 4. The van der Waals surface area contributed by atoms with Crippen molar-refractivity contribution in [3.8, 4) is 11.5 Å². The molecule has 0 fully saturated rings. The van der Waals surface area contributed by atoms with E-state index >= 15 is 0 Å². The molecular weight excluding hydrogens is 641 g/mol. The van der Waals surface area contributed by atoms with Crippen LogP contribution in [-0.4, -0.2) is 21.5 Å². The van der Waals surface area contributed by atoms with Crippen molar-refractivity contribution >= 4 is 23.1 Å². The van der Waals surface area contributed by atoms with E-state index in [4.69, 9.17) is 24.4 Å². The molecule has 2 atom stereocenters. The third kappa shape index (κ3) is 5.16. The number of benzene rings is 3. The number of hydrogen-bond acceptors (Lipinski definition) is 6. The second kappa shape index (κ2) is 11.5. The molecule has 266 valence electrons. The maximum absolute atomic E-state index is 9.39. The Morgan fingerprint density at radius 1 is 0.846 bits per heavy atom. The summed E-state index contributed by atoms with van der Waals surface area (Å²) in [6.07, 6.45) is 0.120. The van der Waals surface area contributed by atoms with Crippen LogP contribution in [0.3, 0.4) is 0 Å². The summed E-state index contributed by atoms with van der Waals surface area (Å²) in [5.41, 5.74) is 8.08. The molecule has 0 N–H and O–H groups in total. The molecule has 4 heterocycles. The molecule has 52 heavy (non-hydrogen) atoms. The number of rotatable bonds is 5. The summed E-state index contributed by atoms with van der Waals surface area (Å²) in [4.78, 5) is 17.3. The summed E-state index contributed by atoms with van der Waals surface area (Å²) < 4.78 is 32.2. The van der Waals surface area contributed by atoms with E-state index in [-0.39, 0.29) is 16.7 Å². The maximum atomic E-state index is 9.39. The minimum Gasteiger partial charge on any atom is -0.467 e. The molecule has 8 rings (SSSR count). The number of aryl methyl sites for hydroxylation is 1. The van der Waals surface area contributed by atoms with E-state index in [1.807, 2.05) is 58.2 Å². The molecule has 0 saturated carbocycles. The second-order valence-electron chi connectivity index (χ2n) is 16.9. The monoisotopic (exact) mass is 692 g/mol. The van der Waals surface area contributed by atoms with Crippen LogP contribution in [0.1, 0.15) is 121 Å². The highest BCUT2D eigenvalue weighted by Crippen LogP contribution is 2.55. The summed E-state index contributed by atoms with van der Waals surface area (Å²) in [6, 6.07) is 27.1. The third-order valence-electron chi connectivity index (χ3n) is 11.6. The van der Waals surface area contributed by atoms with Gasteiger partial charge in [0.25, 0.3) is 0 Å². The van der Waals surface area contributed by atoms with Crippen LogP contribution in [0.5, 0.6) is 11.5 Å². The molecule has 6 heteroatoms. The van der Waals surface area contributed by atoms with E-state index in [0.717, 1.165) is 39.6 Å². The van der Waals surface area contributed by atoms with Crippen LogP contribution < -0.4 is 9.64 Å². The molecule has 0 bridgehead atoms. The number of hydrogen-bond donors (Lipinski definition) is 0. The van der Waals surface area contributed by atoms with E-state index < -0.39 is 17.5 Å². The molecule has 2 aliphatic heterocycles. The van der Waals surface area contributed by atoms with Gasteiger partial charge < -0.3 is 9.47 Å². The van der Waals surface area contributed by atoms with Gasteiger partial charge in [-0.1, -0.05) is 84.9 Å². The summed E-state index contributed by atoms with van der Waals surface area (Å²) in [7, 11) is 0.